The highest BCUT2D eigenvalue weighted by Crippen LogP contribution is 2.54. The highest BCUT2D eigenvalue weighted by atomic mass is 16.6. The van der Waals surface area contributed by atoms with Crippen molar-refractivity contribution in [2.24, 2.45) is 10.9 Å². The van der Waals surface area contributed by atoms with Gasteiger partial charge in [0.1, 0.15) is 17.5 Å². The van der Waals surface area contributed by atoms with Crippen molar-refractivity contribution in [2.75, 3.05) is 32.1 Å². The van der Waals surface area contributed by atoms with Crippen LogP contribution in [0.2, 0.25) is 0 Å². The molecule has 5 rings (SSSR count). The summed E-state index contributed by atoms with van der Waals surface area (Å²) in [5.41, 5.74) is 2.34. The lowest BCUT2D eigenvalue weighted by Gasteiger charge is -2.43. The van der Waals surface area contributed by atoms with Crippen molar-refractivity contribution in [3.05, 3.63) is 89.5 Å². The monoisotopic (exact) mass is 482 g/mol. The van der Waals surface area contributed by atoms with E-state index in [1.165, 1.54) is 0 Å². The number of esters is 1. The SMILES string of the molecule is CCN(CC)c1ccc2c(c1)OC(=Nc1ccccc1)C(C(=N)N(C)C)C21OC(=O)c2ccccc21. The van der Waals surface area contributed by atoms with E-state index in [4.69, 9.17) is 19.9 Å². The van der Waals surface area contributed by atoms with Crippen LogP contribution >= 0.6 is 0 Å². The first-order chi connectivity index (χ1) is 17.4. The van der Waals surface area contributed by atoms with Crippen molar-refractivity contribution in [3.8, 4) is 5.75 Å². The minimum atomic E-state index is -1.28. The Morgan fingerprint density at radius 1 is 0.972 bits per heavy atom. The summed E-state index contributed by atoms with van der Waals surface area (Å²) in [7, 11) is 3.61. The molecule has 0 aromatic heterocycles. The second-order valence-corrected chi connectivity index (χ2v) is 9.12. The number of rotatable bonds is 5. The molecule has 0 radical (unpaired) electrons. The number of ether oxygens (including phenoxy) is 2. The molecule has 3 aromatic rings. The van der Waals surface area contributed by atoms with E-state index in [1.807, 2.05) is 66.7 Å². The van der Waals surface area contributed by atoms with E-state index in [2.05, 4.69) is 18.7 Å². The number of para-hydroxylation sites is 1. The third kappa shape index (κ3) is 3.63. The van der Waals surface area contributed by atoms with Gasteiger partial charge in [0.2, 0.25) is 5.90 Å². The first kappa shape index (κ1) is 23.6. The Morgan fingerprint density at radius 3 is 2.36 bits per heavy atom. The molecule has 2 aliphatic rings. The predicted octanol–water partition coefficient (Wildman–Crippen LogP) is 5.22. The molecule has 7 heteroatoms. The minimum Gasteiger partial charge on any atom is -0.444 e. The molecule has 0 bridgehead atoms. The van der Waals surface area contributed by atoms with Gasteiger partial charge in [-0.1, -0.05) is 36.4 Å². The number of nitrogens with zero attached hydrogens (tertiary/aromatic N) is 3. The Labute approximate surface area is 211 Å². The molecule has 2 atom stereocenters. The summed E-state index contributed by atoms with van der Waals surface area (Å²) in [6, 6.07) is 22.9. The molecule has 36 heavy (non-hydrogen) atoms. The maximum absolute atomic E-state index is 13.2. The fourth-order valence-corrected chi connectivity index (χ4v) is 5.13. The number of fused-ring (bicyclic) bond motifs is 4. The number of hydrogen-bond acceptors (Lipinski definition) is 6. The van der Waals surface area contributed by atoms with Crippen LogP contribution in [0, 0.1) is 11.3 Å². The Bertz CT molecular complexity index is 1350. The van der Waals surface area contributed by atoms with Crippen LogP contribution in [0.15, 0.2) is 77.8 Å². The molecule has 0 aliphatic carbocycles. The van der Waals surface area contributed by atoms with Gasteiger partial charge in [-0.3, -0.25) is 5.41 Å². The topological polar surface area (TPSA) is 78.2 Å². The Hall–Kier alpha value is -4.13. The lowest BCUT2D eigenvalue weighted by Crippen LogP contribution is -2.53. The number of benzene rings is 3. The average Bonchev–Trinajstić information content (AvgIpc) is 3.17. The van der Waals surface area contributed by atoms with E-state index >= 15 is 0 Å². The molecule has 1 spiro atoms. The molecular formula is C29H30N4O3. The third-order valence-electron chi connectivity index (χ3n) is 6.91. The molecule has 184 valence electrons. The van der Waals surface area contributed by atoms with Gasteiger partial charge in [0.05, 0.1) is 11.3 Å². The summed E-state index contributed by atoms with van der Waals surface area (Å²) >= 11 is 0. The number of carbonyl (C=O) groups is 1. The van der Waals surface area contributed by atoms with Gasteiger partial charge < -0.3 is 19.3 Å². The summed E-state index contributed by atoms with van der Waals surface area (Å²) in [6.45, 7) is 5.91. The van der Waals surface area contributed by atoms with Crippen LogP contribution in [0.3, 0.4) is 0 Å². The van der Waals surface area contributed by atoms with Gasteiger partial charge in [-0.05, 0) is 44.2 Å². The van der Waals surface area contributed by atoms with E-state index in [0.717, 1.165) is 18.8 Å². The summed E-state index contributed by atoms with van der Waals surface area (Å²) in [5, 5.41) is 9.11. The van der Waals surface area contributed by atoms with Crippen LogP contribution < -0.4 is 9.64 Å². The molecular weight excluding hydrogens is 452 g/mol. The van der Waals surface area contributed by atoms with Crippen LogP contribution in [0.1, 0.15) is 35.3 Å². The first-order valence-corrected chi connectivity index (χ1v) is 12.2. The lowest BCUT2D eigenvalue weighted by molar-refractivity contribution is -0.00129. The summed E-state index contributed by atoms with van der Waals surface area (Å²) in [5.74, 6) is -0.0864. The van der Waals surface area contributed by atoms with Gasteiger partial charge >= 0.3 is 5.97 Å². The molecule has 0 saturated carbocycles. The zero-order chi connectivity index (χ0) is 25.4. The van der Waals surface area contributed by atoms with Crippen LogP contribution in [0.25, 0.3) is 0 Å². The normalized spacial score (nSPS) is 20.9. The van der Waals surface area contributed by atoms with E-state index in [1.54, 1.807) is 25.1 Å². The fraction of sp³-hybridized carbons (Fsp3) is 0.276. The highest BCUT2D eigenvalue weighted by Gasteiger charge is 2.60. The van der Waals surface area contributed by atoms with Crippen molar-refractivity contribution >= 4 is 29.1 Å². The number of aliphatic imine (C=N–C) groups is 1. The van der Waals surface area contributed by atoms with Crippen molar-refractivity contribution in [1.82, 2.24) is 4.90 Å². The van der Waals surface area contributed by atoms with Gasteiger partial charge in [0, 0.05) is 50.1 Å². The van der Waals surface area contributed by atoms with Crippen molar-refractivity contribution in [2.45, 2.75) is 19.4 Å². The molecule has 0 saturated heterocycles. The first-order valence-electron chi connectivity index (χ1n) is 12.2. The Kier molecular flexibility index (Phi) is 6.00. The zero-order valence-electron chi connectivity index (χ0n) is 21.0. The number of hydrogen-bond donors (Lipinski definition) is 1. The highest BCUT2D eigenvalue weighted by molar-refractivity contribution is 6.09. The molecule has 7 nitrogen and oxygen atoms in total. The maximum Gasteiger partial charge on any atom is 0.339 e. The summed E-state index contributed by atoms with van der Waals surface area (Å²) in [6.07, 6.45) is 0. The van der Waals surface area contributed by atoms with Crippen LogP contribution in [0.4, 0.5) is 11.4 Å². The maximum atomic E-state index is 13.2. The zero-order valence-corrected chi connectivity index (χ0v) is 21.0. The summed E-state index contributed by atoms with van der Waals surface area (Å²) in [4.78, 5) is 22.0. The van der Waals surface area contributed by atoms with E-state index < -0.39 is 17.5 Å². The van der Waals surface area contributed by atoms with E-state index in [0.29, 0.717) is 34.0 Å². The van der Waals surface area contributed by atoms with Crippen LogP contribution in [0.5, 0.6) is 5.75 Å². The minimum absolute atomic E-state index is 0.229. The Balaban J connectivity index is 1.82. The smallest absolute Gasteiger partial charge is 0.339 e. The quantitative estimate of drug-likeness (QED) is 0.306. The van der Waals surface area contributed by atoms with Crippen molar-refractivity contribution in [3.63, 3.8) is 0 Å². The van der Waals surface area contributed by atoms with Crippen molar-refractivity contribution < 1.29 is 14.3 Å². The number of nitrogens with one attached hydrogen (secondary N) is 1. The van der Waals surface area contributed by atoms with Gasteiger partial charge in [-0.15, -0.1) is 0 Å². The lowest BCUT2D eigenvalue weighted by atomic mass is 9.72. The predicted molar refractivity (Wildman–Crippen MR) is 142 cm³/mol. The van der Waals surface area contributed by atoms with Gasteiger partial charge in [0.25, 0.3) is 0 Å². The Morgan fingerprint density at radius 2 is 1.67 bits per heavy atom. The van der Waals surface area contributed by atoms with Crippen LogP contribution in [-0.2, 0) is 10.3 Å². The molecule has 0 fully saturated rings. The van der Waals surface area contributed by atoms with Crippen molar-refractivity contribution in [1.29, 1.82) is 5.41 Å². The molecule has 0 amide bonds. The molecule has 2 heterocycles. The standard InChI is InChI=1S/C29H30N4O3/c1-5-33(6-2)20-16-17-23-24(18-20)35-27(31-19-12-8-7-9-13-19)25(26(30)32(3)4)29(23)22-15-11-10-14-21(22)28(34)36-29/h7-18,25,30H,5-6H2,1-4H3. The van der Waals surface area contributed by atoms with Gasteiger partial charge in [0.15, 0.2) is 5.60 Å². The molecule has 2 unspecified atom stereocenters. The second-order valence-electron chi connectivity index (χ2n) is 9.12. The largest absolute Gasteiger partial charge is 0.444 e. The summed E-state index contributed by atoms with van der Waals surface area (Å²) < 4.78 is 12.8. The van der Waals surface area contributed by atoms with Crippen LogP contribution in [-0.4, -0.2) is 49.8 Å². The third-order valence-corrected chi connectivity index (χ3v) is 6.91. The average molecular weight is 483 g/mol. The molecule has 3 aromatic carbocycles. The number of anilines is 1. The van der Waals surface area contributed by atoms with Gasteiger partial charge in [-0.25, -0.2) is 9.79 Å². The molecule has 1 N–H and O–H groups in total. The van der Waals surface area contributed by atoms with E-state index in [-0.39, 0.29) is 5.84 Å². The molecule has 2 aliphatic heterocycles. The van der Waals surface area contributed by atoms with Gasteiger partial charge in [-0.2, -0.15) is 0 Å². The second kappa shape index (κ2) is 9.15. The number of amidine groups is 1. The van der Waals surface area contributed by atoms with E-state index in [9.17, 15) is 4.79 Å². The number of carbonyl (C=O) groups excluding carboxylic acids is 1. The fourth-order valence-electron chi connectivity index (χ4n) is 5.13.